The maximum absolute atomic E-state index is 12.1. The summed E-state index contributed by atoms with van der Waals surface area (Å²) in [6.45, 7) is 8.91. The van der Waals surface area contributed by atoms with Crippen molar-refractivity contribution >= 4 is 43.3 Å². The molecular formula is C64H59N8O8RuS2+. The minimum absolute atomic E-state index is 0. The van der Waals surface area contributed by atoms with Crippen molar-refractivity contribution in [1.29, 1.82) is 0 Å². The van der Waals surface area contributed by atoms with E-state index in [0.717, 1.165) is 86.7 Å². The Bertz CT molecular complexity index is 3980. The number of rotatable bonds is 17. The molecule has 0 spiro atoms. The van der Waals surface area contributed by atoms with E-state index in [4.69, 9.17) is 9.97 Å². The summed E-state index contributed by atoms with van der Waals surface area (Å²) in [5.74, 6) is 5.61. The Morgan fingerprint density at radius 3 is 1.69 bits per heavy atom. The molecule has 0 saturated heterocycles. The third-order valence-electron chi connectivity index (χ3n) is 14.3. The minimum atomic E-state index is -4.71. The Hall–Kier alpha value is -8.24. The first kappa shape index (κ1) is 60.8. The van der Waals surface area contributed by atoms with Crippen LogP contribution in [-0.4, -0.2) is 90.3 Å². The van der Waals surface area contributed by atoms with E-state index in [1.807, 2.05) is 154 Å². The van der Waals surface area contributed by atoms with Gasteiger partial charge in [-0.2, -0.15) is 4.58 Å². The summed E-state index contributed by atoms with van der Waals surface area (Å²) in [7, 11) is -9.41. The molecule has 19 heteroatoms. The molecule has 0 bridgehead atoms. The molecule has 2 aromatic carbocycles. The van der Waals surface area contributed by atoms with Gasteiger partial charge in [0.2, 0.25) is 5.69 Å². The van der Waals surface area contributed by atoms with Gasteiger partial charge < -0.3 is 19.1 Å². The summed E-state index contributed by atoms with van der Waals surface area (Å²) in [5.41, 5.74) is 10.5. The van der Waals surface area contributed by atoms with Crippen LogP contribution in [-0.2, 0) is 55.3 Å². The van der Waals surface area contributed by atoms with Crippen LogP contribution in [0.1, 0.15) is 82.9 Å². The van der Waals surface area contributed by atoms with Crippen molar-refractivity contribution in [3.8, 4) is 57.4 Å². The van der Waals surface area contributed by atoms with Gasteiger partial charge in [-0.25, -0.2) is 26.8 Å². The molecule has 16 nitrogen and oxygen atoms in total. The van der Waals surface area contributed by atoms with Gasteiger partial charge in [-0.15, -0.1) is 0 Å². The largest absolute Gasteiger partial charge is 2.00 e. The van der Waals surface area contributed by atoms with Crippen LogP contribution in [0.15, 0.2) is 198 Å². The van der Waals surface area contributed by atoms with Gasteiger partial charge in [0.05, 0.1) is 60.8 Å². The van der Waals surface area contributed by atoms with Crippen molar-refractivity contribution in [2.75, 3.05) is 18.0 Å². The van der Waals surface area contributed by atoms with Gasteiger partial charge in [-0.05, 0) is 148 Å². The summed E-state index contributed by atoms with van der Waals surface area (Å²) in [4.78, 5) is 39.5. The standard InChI is InChI=1S/C44H46N4O8S2.C20H14N4.Ru/c1-43(2)34-29-32(57(51,52)53)19-21-38(34)47(26-11-6-5-7-14-31-23-25-46-37(28-31)36-15-8-10-24-45-36)40(43)16-13-17-41-44(3,4)35-30-33(58(54,55)56)20-22-39(35)48(41)27-12-9-18-42(49)50;1-3-13-21-15(7-1)17-9-5-11-19(23-17)20-12-6-10-18(24-20)16-8-2-4-14-22-16;/h8,10,13,15-17,19-25,28-30H,5-6,9,11-12,18,26-27H2,1-4H3,(H2-,49,50,51,52,53,54,55,56);1-14H;/q;;+2/p-1. The number of allylic oxidation sites excluding steroid dienone is 4. The van der Waals surface area contributed by atoms with Crippen LogP contribution in [0, 0.1) is 11.8 Å². The van der Waals surface area contributed by atoms with E-state index in [-0.39, 0.29) is 35.7 Å². The van der Waals surface area contributed by atoms with Gasteiger partial charge in [-0.1, -0.05) is 62.1 Å². The molecule has 2 aliphatic rings. The number of carboxylic acids is 1. The van der Waals surface area contributed by atoms with Gasteiger partial charge >= 0.3 is 25.4 Å². The number of pyridine rings is 6. The fourth-order valence-corrected chi connectivity index (χ4v) is 11.2. The van der Waals surface area contributed by atoms with Crippen LogP contribution in [0.4, 0.5) is 11.4 Å². The SMILES string of the molecule is CC1(C)C(/C=C/C=C2/N(CCCCC(=O)O)c3ccc(S(=O)(=O)[O-])cc3C2(C)C)=[N+](CCCCC#Cc2ccnc(-c3ccccn3)c2)c2ccc(S(=O)(=O)[O-])cc21.[Ru+2].c1ccc(-c2cccc(-c3cccc(-c4ccccn4)n3)n2)nc1. The number of anilines is 1. The molecule has 0 aliphatic carbocycles. The van der Waals surface area contributed by atoms with E-state index in [2.05, 4.69) is 36.4 Å². The fraction of sp³-hybridized carbons (Fsp3) is 0.219. The van der Waals surface area contributed by atoms with Crippen LogP contribution in [0.3, 0.4) is 0 Å². The number of aromatic nitrogens is 6. The van der Waals surface area contributed by atoms with E-state index < -0.39 is 37.0 Å². The molecule has 6 aromatic heterocycles. The smallest absolute Gasteiger partial charge is 0.744 e. The molecule has 422 valence electrons. The number of fused-ring (bicyclic) bond motifs is 2. The molecule has 2 aliphatic heterocycles. The molecule has 0 atom stereocenters. The second kappa shape index (κ2) is 26.3. The van der Waals surface area contributed by atoms with Crippen molar-refractivity contribution in [1.82, 2.24) is 29.9 Å². The number of unbranched alkanes of at least 4 members (excludes halogenated alkanes) is 3. The Labute approximate surface area is 497 Å². The Balaban J connectivity index is 0.000000298. The van der Waals surface area contributed by atoms with E-state index in [9.17, 15) is 35.8 Å². The van der Waals surface area contributed by atoms with Gasteiger partial charge in [-0.3, -0.25) is 24.7 Å². The zero-order valence-corrected chi connectivity index (χ0v) is 49.4. The van der Waals surface area contributed by atoms with E-state index in [1.165, 1.54) is 24.3 Å². The monoisotopic (exact) mass is 1230 g/mol. The second-order valence-corrected chi connectivity index (χ2v) is 23.4. The normalized spacial score (nSPS) is 14.5. The average Bonchev–Trinajstić information content (AvgIpc) is 3.96. The Morgan fingerprint density at radius 2 is 1.13 bits per heavy atom. The van der Waals surface area contributed by atoms with E-state index >= 15 is 0 Å². The minimum Gasteiger partial charge on any atom is -0.744 e. The molecule has 8 aromatic rings. The van der Waals surface area contributed by atoms with Crippen molar-refractivity contribution < 1.29 is 59.9 Å². The third-order valence-corrected chi connectivity index (χ3v) is 16.0. The van der Waals surface area contributed by atoms with Crippen LogP contribution >= 0.6 is 0 Å². The first-order valence-electron chi connectivity index (χ1n) is 26.7. The summed E-state index contributed by atoms with van der Waals surface area (Å²) >= 11 is 0. The molecule has 10 rings (SSSR count). The van der Waals surface area contributed by atoms with Crippen LogP contribution in [0.25, 0.3) is 45.6 Å². The first-order chi connectivity index (χ1) is 39.3. The summed E-state index contributed by atoms with van der Waals surface area (Å²) in [6, 6.07) is 41.6. The number of aliphatic carboxylic acids is 1. The van der Waals surface area contributed by atoms with E-state index in [1.54, 1.807) is 36.9 Å². The van der Waals surface area contributed by atoms with Gasteiger partial charge in [0.25, 0.3) is 0 Å². The number of hydrogen-bond donors (Lipinski definition) is 1. The van der Waals surface area contributed by atoms with Crippen molar-refractivity contribution in [2.45, 2.75) is 86.8 Å². The quantitative estimate of drug-likeness (QED) is 0.0293. The Morgan fingerprint density at radius 1 is 0.602 bits per heavy atom. The fourth-order valence-electron chi connectivity index (χ4n) is 10.2. The van der Waals surface area contributed by atoms with Crippen molar-refractivity contribution in [3.63, 3.8) is 0 Å². The molecule has 0 radical (unpaired) electrons. The number of nitrogens with zero attached hydrogens (tertiary/aromatic N) is 8. The maximum atomic E-state index is 12.1. The zero-order chi connectivity index (χ0) is 58.1. The molecule has 0 amide bonds. The molecule has 1 N–H and O–H groups in total. The van der Waals surface area contributed by atoms with Gasteiger partial charge in [0.15, 0.2) is 5.71 Å². The topological polar surface area (TPSA) is 235 Å². The number of carbonyl (C=O) groups is 1. The molecule has 8 heterocycles. The average molecular weight is 1230 g/mol. The summed E-state index contributed by atoms with van der Waals surface area (Å²) in [5, 5.41) is 9.20. The molecule has 0 unspecified atom stereocenters. The summed E-state index contributed by atoms with van der Waals surface area (Å²) in [6.07, 6.45) is 16.0. The molecular weight excluding hydrogens is 1170 g/mol. The zero-order valence-electron chi connectivity index (χ0n) is 46.0. The van der Waals surface area contributed by atoms with Crippen LogP contribution in [0.2, 0.25) is 0 Å². The predicted molar refractivity (Wildman–Crippen MR) is 313 cm³/mol. The summed E-state index contributed by atoms with van der Waals surface area (Å²) < 4.78 is 74.3. The van der Waals surface area contributed by atoms with Crippen molar-refractivity contribution in [2.24, 2.45) is 0 Å². The second-order valence-electron chi connectivity index (χ2n) is 20.6. The van der Waals surface area contributed by atoms with E-state index in [0.29, 0.717) is 43.5 Å². The van der Waals surface area contributed by atoms with Crippen LogP contribution < -0.4 is 4.90 Å². The molecule has 0 saturated carbocycles. The number of benzene rings is 2. The first-order valence-corrected chi connectivity index (χ1v) is 29.5. The molecule has 0 fully saturated rings. The van der Waals surface area contributed by atoms with Gasteiger partial charge in [0.1, 0.15) is 26.8 Å². The van der Waals surface area contributed by atoms with Crippen LogP contribution in [0.5, 0.6) is 0 Å². The number of carboxylic acid groups (broad SMARTS) is 1. The third kappa shape index (κ3) is 14.5. The Kier molecular flexibility index (Phi) is 19.3. The van der Waals surface area contributed by atoms with Crippen molar-refractivity contribution in [3.05, 3.63) is 205 Å². The van der Waals surface area contributed by atoms with Gasteiger partial charge in [0, 0.05) is 90.7 Å². The maximum Gasteiger partial charge on any atom is 2.00 e. The predicted octanol–water partition coefficient (Wildman–Crippen LogP) is 11.3. The molecule has 83 heavy (non-hydrogen) atoms. The number of hydrogen-bond acceptors (Lipinski definition) is 14.